The third-order valence-electron chi connectivity index (χ3n) is 8.07. The molecule has 0 N–H and O–H groups in total. The van der Waals surface area contributed by atoms with Gasteiger partial charge in [0.2, 0.25) is 5.91 Å². The molecule has 0 radical (unpaired) electrons. The summed E-state index contributed by atoms with van der Waals surface area (Å²) in [5, 5.41) is 2.21. The third kappa shape index (κ3) is 3.90. The first-order chi connectivity index (χ1) is 13.4. The number of carbonyl (C=O) groups is 1. The molecule has 4 rings (SSSR count). The Kier molecular flexibility index (Phi) is 5.88. The Morgan fingerprint density at radius 3 is 2.46 bits per heavy atom. The van der Waals surface area contributed by atoms with Crippen LogP contribution in [0.15, 0.2) is 17.5 Å². The Labute approximate surface area is 174 Å². The van der Waals surface area contributed by atoms with Gasteiger partial charge in [0.15, 0.2) is 0 Å². The van der Waals surface area contributed by atoms with Gasteiger partial charge in [-0.15, -0.1) is 11.3 Å². The van der Waals surface area contributed by atoms with Crippen LogP contribution in [0, 0.1) is 11.3 Å². The molecule has 2 saturated heterocycles. The molecule has 1 aliphatic carbocycles. The normalized spacial score (nSPS) is 32.5. The molecule has 1 aromatic rings. The molecular weight excluding hydrogens is 366 g/mol. The lowest BCUT2D eigenvalue weighted by atomic mass is 9.66. The number of amides is 1. The molecule has 28 heavy (non-hydrogen) atoms. The molecule has 0 unspecified atom stereocenters. The highest BCUT2D eigenvalue weighted by molar-refractivity contribution is 7.10. The summed E-state index contributed by atoms with van der Waals surface area (Å²) < 4.78 is 0. The number of rotatable bonds is 4. The van der Waals surface area contributed by atoms with Crippen LogP contribution in [0.25, 0.3) is 0 Å². The van der Waals surface area contributed by atoms with Crippen molar-refractivity contribution >= 4 is 17.2 Å². The molecular formula is C23H37N3OS. The van der Waals surface area contributed by atoms with Gasteiger partial charge in [-0.2, -0.15) is 0 Å². The summed E-state index contributed by atoms with van der Waals surface area (Å²) in [7, 11) is 6.67. The Morgan fingerprint density at radius 2 is 1.86 bits per heavy atom. The van der Waals surface area contributed by atoms with Gasteiger partial charge in [0.25, 0.3) is 0 Å². The predicted octanol–water partition coefficient (Wildman–Crippen LogP) is 4.03. The van der Waals surface area contributed by atoms with Crippen molar-refractivity contribution in [3.05, 3.63) is 22.4 Å². The Hall–Kier alpha value is -0.910. The van der Waals surface area contributed by atoms with Gasteiger partial charge in [-0.25, -0.2) is 0 Å². The van der Waals surface area contributed by atoms with Gasteiger partial charge in [0, 0.05) is 24.4 Å². The summed E-state index contributed by atoms with van der Waals surface area (Å²) in [6, 6.07) is 4.50. The lowest BCUT2D eigenvalue weighted by Gasteiger charge is -2.48. The summed E-state index contributed by atoms with van der Waals surface area (Å²) in [5.41, 5.74) is 0.574. The second-order valence-corrected chi connectivity index (χ2v) is 10.9. The third-order valence-corrected chi connectivity index (χ3v) is 9.13. The molecule has 3 heterocycles. The van der Waals surface area contributed by atoms with Gasteiger partial charge < -0.3 is 9.80 Å². The number of hydrogen-bond acceptors (Lipinski definition) is 4. The Bertz CT molecular complexity index is 655. The predicted molar refractivity (Wildman–Crippen MR) is 117 cm³/mol. The molecule has 1 spiro atoms. The fourth-order valence-electron chi connectivity index (χ4n) is 5.85. The van der Waals surface area contributed by atoms with Crippen molar-refractivity contribution in [2.24, 2.45) is 11.3 Å². The van der Waals surface area contributed by atoms with E-state index in [2.05, 4.69) is 53.4 Å². The van der Waals surface area contributed by atoms with Crippen LogP contribution in [0.4, 0.5) is 0 Å². The van der Waals surface area contributed by atoms with Crippen LogP contribution in [0.1, 0.15) is 56.2 Å². The number of carbonyl (C=O) groups excluding carboxylic acids is 1. The molecule has 1 amide bonds. The van der Waals surface area contributed by atoms with Crippen LogP contribution in [0.5, 0.6) is 0 Å². The average Bonchev–Trinajstić information content (AvgIpc) is 3.35. The van der Waals surface area contributed by atoms with Crippen LogP contribution >= 0.6 is 11.3 Å². The van der Waals surface area contributed by atoms with E-state index in [1.54, 1.807) is 0 Å². The van der Waals surface area contributed by atoms with E-state index in [-0.39, 0.29) is 5.54 Å². The van der Waals surface area contributed by atoms with Crippen molar-refractivity contribution < 1.29 is 4.79 Å². The highest BCUT2D eigenvalue weighted by Crippen LogP contribution is 2.52. The van der Waals surface area contributed by atoms with E-state index >= 15 is 0 Å². The molecule has 2 aliphatic heterocycles. The lowest BCUT2D eigenvalue weighted by molar-refractivity contribution is -0.132. The highest BCUT2D eigenvalue weighted by atomic mass is 32.1. The number of nitrogens with zero attached hydrogens (tertiary/aromatic N) is 3. The zero-order chi connectivity index (χ0) is 19.8. The average molecular weight is 404 g/mol. The molecule has 1 aromatic heterocycles. The SMILES string of the molecule is CN1CCC(CC(=O)N2CCC3(CCC(c4cccs4)(N(C)C)CC3)C2)CC1. The maximum atomic E-state index is 12.9. The molecule has 5 heteroatoms. The fourth-order valence-corrected chi connectivity index (χ4v) is 6.92. The second kappa shape index (κ2) is 8.08. The van der Waals surface area contributed by atoms with E-state index < -0.39 is 0 Å². The van der Waals surface area contributed by atoms with Gasteiger partial charge in [-0.05, 0) is 102 Å². The maximum Gasteiger partial charge on any atom is 0.222 e. The van der Waals surface area contributed by atoms with Gasteiger partial charge >= 0.3 is 0 Å². The second-order valence-electron chi connectivity index (χ2n) is 9.92. The molecule has 0 bridgehead atoms. The minimum absolute atomic E-state index is 0.199. The topological polar surface area (TPSA) is 26.8 Å². The van der Waals surface area contributed by atoms with Crippen LogP contribution < -0.4 is 0 Å². The zero-order valence-electron chi connectivity index (χ0n) is 18.0. The Balaban J connectivity index is 1.35. The molecule has 3 fully saturated rings. The summed E-state index contributed by atoms with van der Waals surface area (Å²) in [6.07, 6.45) is 9.30. The van der Waals surface area contributed by atoms with E-state index in [1.807, 2.05) is 11.3 Å². The highest BCUT2D eigenvalue weighted by Gasteiger charge is 2.48. The van der Waals surface area contributed by atoms with E-state index in [0.29, 0.717) is 17.2 Å². The minimum Gasteiger partial charge on any atom is -0.342 e. The summed E-state index contributed by atoms with van der Waals surface area (Å²) in [6.45, 7) is 4.29. The van der Waals surface area contributed by atoms with Crippen molar-refractivity contribution in [3.63, 3.8) is 0 Å². The van der Waals surface area contributed by atoms with Crippen LogP contribution in [0.3, 0.4) is 0 Å². The molecule has 4 nitrogen and oxygen atoms in total. The largest absolute Gasteiger partial charge is 0.342 e. The number of likely N-dealkylation sites (tertiary alicyclic amines) is 2. The standard InChI is InChI=1S/C23H37N3OS/c1-24(2)23(20-5-4-16-28-20)10-8-22(9-11-23)12-15-26(18-22)21(27)17-19-6-13-25(3)14-7-19/h4-5,16,19H,6-15,17-18H2,1-3H3. The van der Waals surface area contributed by atoms with Crippen LogP contribution in [-0.2, 0) is 10.3 Å². The number of thiophene rings is 1. The minimum atomic E-state index is 0.199. The summed E-state index contributed by atoms with van der Waals surface area (Å²) in [4.78, 5) is 21.5. The molecule has 3 aliphatic rings. The van der Waals surface area contributed by atoms with Gasteiger partial charge in [0.05, 0.1) is 5.54 Å². The summed E-state index contributed by atoms with van der Waals surface area (Å²) >= 11 is 1.90. The first-order valence-corrected chi connectivity index (χ1v) is 12.0. The zero-order valence-corrected chi connectivity index (χ0v) is 18.8. The van der Waals surface area contributed by atoms with Crippen molar-refractivity contribution in [1.82, 2.24) is 14.7 Å². The molecule has 0 atom stereocenters. The van der Waals surface area contributed by atoms with Crippen molar-refractivity contribution in [2.45, 2.75) is 56.9 Å². The van der Waals surface area contributed by atoms with E-state index in [9.17, 15) is 4.79 Å². The molecule has 0 aromatic carbocycles. The maximum absolute atomic E-state index is 12.9. The quantitative estimate of drug-likeness (QED) is 0.759. The first-order valence-electron chi connectivity index (χ1n) is 11.1. The van der Waals surface area contributed by atoms with Crippen molar-refractivity contribution in [2.75, 3.05) is 47.3 Å². The van der Waals surface area contributed by atoms with Crippen LogP contribution in [0.2, 0.25) is 0 Å². The fraction of sp³-hybridized carbons (Fsp3) is 0.783. The monoisotopic (exact) mass is 403 g/mol. The van der Waals surface area contributed by atoms with Crippen LogP contribution in [-0.4, -0.2) is 67.9 Å². The Morgan fingerprint density at radius 1 is 1.14 bits per heavy atom. The number of hydrogen-bond donors (Lipinski definition) is 0. The van der Waals surface area contributed by atoms with E-state index in [1.165, 1.54) is 49.8 Å². The lowest BCUT2D eigenvalue weighted by Crippen LogP contribution is -2.47. The summed E-state index contributed by atoms with van der Waals surface area (Å²) in [5.74, 6) is 1.03. The van der Waals surface area contributed by atoms with Gasteiger partial charge in [0.1, 0.15) is 0 Å². The van der Waals surface area contributed by atoms with E-state index in [4.69, 9.17) is 0 Å². The smallest absolute Gasteiger partial charge is 0.222 e. The molecule has 1 saturated carbocycles. The van der Waals surface area contributed by atoms with E-state index in [0.717, 1.165) is 32.6 Å². The molecule has 156 valence electrons. The first kappa shape index (κ1) is 20.4. The number of piperidine rings is 1. The van der Waals surface area contributed by atoms with Gasteiger partial charge in [-0.3, -0.25) is 9.69 Å². The van der Waals surface area contributed by atoms with Crippen molar-refractivity contribution in [1.29, 1.82) is 0 Å². The van der Waals surface area contributed by atoms with Crippen molar-refractivity contribution in [3.8, 4) is 0 Å². The van der Waals surface area contributed by atoms with Gasteiger partial charge in [-0.1, -0.05) is 6.07 Å².